The molecular weight excluding hydrogens is 679 g/mol. The lowest BCUT2D eigenvalue weighted by atomic mass is 9.93. The van der Waals surface area contributed by atoms with Gasteiger partial charge in [0.05, 0.1) is 0 Å². The molecular formula is C46H36P2S2. The third-order valence-electron chi connectivity index (χ3n) is 9.89. The molecule has 50 heavy (non-hydrogen) atoms. The van der Waals surface area contributed by atoms with Crippen molar-refractivity contribution in [3.8, 4) is 11.1 Å². The molecule has 8 aromatic carbocycles. The summed E-state index contributed by atoms with van der Waals surface area (Å²) in [6, 6.07) is 60.6. The molecule has 0 unspecified atom stereocenters. The summed E-state index contributed by atoms with van der Waals surface area (Å²) in [6.45, 7) is 4.42. The van der Waals surface area contributed by atoms with Crippen molar-refractivity contribution in [3.05, 3.63) is 193 Å². The second kappa shape index (κ2) is 13.4. The largest absolute Gasteiger partial charge is 0.0826 e. The first kappa shape index (κ1) is 32.8. The lowest BCUT2D eigenvalue weighted by molar-refractivity contribution is 1.50. The van der Waals surface area contributed by atoms with Crippen LogP contribution in [-0.4, -0.2) is 0 Å². The first-order chi connectivity index (χ1) is 24.4. The molecule has 0 radical (unpaired) electrons. The van der Waals surface area contributed by atoms with Crippen LogP contribution in [0.5, 0.6) is 0 Å². The van der Waals surface area contributed by atoms with E-state index >= 15 is 0 Å². The number of benzene rings is 8. The maximum absolute atomic E-state index is 7.27. The van der Waals surface area contributed by atoms with Gasteiger partial charge in [-0.1, -0.05) is 206 Å². The SMILES string of the molecule is Cc1ccccc1P(=S)(c1ccccc1C)c1ccc2ccccc2c1-c1c(P(=S)(c2ccccc2)c2ccccc2)ccc2ccccc12. The van der Waals surface area contributed by atoms with Crippen molar-refractivity contribution in [1.82, 2.24) is 0 Å². The molecule has 4 heteroatoms. The molecule has 0 saturated heterocycles. The first-order valence-corrected chi connectivity index (χ1v) is 22.5. The topological polar surface area (TPSA) is 0 Å². The van der Waals surface area contributed by atoms with Gasteiger partial charge >= 0.3 is 0 Å². The fourth-order valence-electron chi connectivity index (χ4n) is 7.50. The minimum Gasteiger partial charge on any atom is -0.0826 e. The van der Waals surface area contributed by atoms with Crippen LogP contribution in [0.2, 0.25) is 0 Å². The zero-order valence-corrected chi connectivity index (χ0v) is 31.5. The van der Waals surface area contributed by atoms with Gasteiger partial charge in [0.2, 0.25) is 0 Å². The summed E-state index contributed by atoms with van der Waals surface area (Å²) >= 11 is 14.4. The molecule has 8 rings (SSSR count). The molecule has 0 aromatic heterocycles. The smallest absolute Gasteiger partial charge is 0.0390 e. The summed E-state index contributed by atoms with van der Waals surface area (Å²) in [5.41, 5.74) is 4.83. The Labute approximate surface area is 305 Å². The molecule has 0 N–H and O–H groups in total. The first-order valence-electron chi connectivity index (χ1n) is 16.9. The third-order valence-corrected chi connectivity index (χ3v) is 20.0. The fraction of sp³-hybridized carbons (Fsp3) is 0.0435. The van der Waals surface area contributed by atoms with Crippen molar-refractivity contribution in [2.45, 2.75) is 13.8 Å². The van der Waals surface area contributed by atoms with Crippen molar-refractivity contribution >= 4 is 89.1 Å². The van der Waals surface area contributed by atoms with Crippen molar-refractivity contribution in [3.63, 3.8) is 0 Å². The van der Waals surface area contributed by atoms with Gasteiger partial charge in [0, 0.05) is 22.7 Å². The van der Waals surface area contributed by atoms with Gasteiger partial charge in [0.15, 0.2) is 0 Å². The predicted octanol–water partition coefficient (Wildman–Crippen LogP) is 9.79. The standard InChI is InChI=1S/C46H36P2S2/c1-33-17-9-15-27-41(33)48(50,42-28-16-10-18-34(42)2)44-32-30-36-20-12-14-26-40(36)46(44)45-39-25-13-11-19-35(39)29-31-43(45)47(49,37-21-5-3-6-22-37)38-23-7-4-8-24-38/h3-32H,1-2H3. The van der Waals surface area contributed by atoms with E-state index in [1.165, 1.54) is 75.6 Å². The van der Waals surface area contributed by atoms with Gasteiger partial charge in [-0.3, -0.25) is 0 Å². The van der Waals surface area contributed by atoms with Crippen molar-refractivity contribution in [1.29, 1.82) is 0 Å². The lowest BCUT2D eigenvalue weighted by Gasteiger charge is -2.32. The zero-order chi connectivity index (χ0) is 34.3. The Morgan fingerprint density at radius 3 is 1.12 bits per heavy atom. The molecule has 0 spiro atoms. The maximum atomic E-state index is 7.27. The van der Waals surface area contributed by atoms with Crippen LogP contribution in [0, 0.1) is 13.8 Å². The normalized spacial score (nSPS) is 12.0. The summed E-state index contributed by atoms with van der Waals surface area (Å²) < 4.78 is 0. The Hall–Kier alpha value is -4.42. The van der Waals surface area contributed by atoms with E-state index in [4.69, 9.17) is 23.6 Å². The number of aryl methyl sites for hydroxylation is 2. The molecule has 242 valence electrons. The van der Waals surface area contributed by atoms with E-state index in [1.807, 2.05) is 0 Å². The minimum absolute atomic E-state index is 1.18. The molecule has 0 amide bonds. The van der Waals surface area contributed by atoms with Crippen LogP contribution in [0.25, 0.3) is 32.7 Å². The highest BCUT2D eigenvalue weighted by Gasteiger charge is 2.35. The highest BCUT2D eigenvalue weighted by molar-refractivity contribution is 8.26. The number of fused-ring (bicyclic) bond motifs is 2. The molecule has 0 aliphatic rings. The number of hydrogen-bond donors (Lipinski definition) is 0. The van der Waals surface area contributed by atoms with Gasteiger partial charge in [-0.2, -0.15) is 0 Å². The average molecular weight is 715 g/mol. The maximum Gasteiger partial charge on any atom is 0.0390 e. The molecule has 0 saturated carbocycles. The number of hydrogen-bond acceptors (Lipinski definition) is 2. The molecule has 8 aromatic rings. The van der Waals surface area contributed by atoms with Gasteiger partial charge < -0.3 is 0 Å². The Balaban J connectivity index is 1.61. The minimum atomic E-state index is -2.64. The van der Waals surface area contributed by atoms with Crippen LogP contribution in [0.3, 0.4) is 0 Å². The highest BCUT2D eigenvalue weighted by Crippen LogP contribution is 2.52. The molecule has 0 heterocycles. The van der Waals surface area contributed by atoms with Gasteiger partial charge in [-0.25, -0.2) is 0 Å². The van der Waals surface area contributed by atoms with Gasteiger partial charge in [0.1, 0.15) is 0 Å². The third kappa shape index (κ3) is 5.35. The van der Waals surface area contributed by atoms with E-state index in [0.29, 0.717) is 0 Å². The summed E-state index contributed by atoms with van der Waals surface area (Å²) in [4.78, 5) is 0. The van der Waals surface area contributed by atoms with Crippen molar-refractivity contribution in [2.75, 3.05) is 0 Å². The Kier molecular flexibility index (Phi) is 8.76. The molecule has 0 atom stereocenters. The lowest BCUT2D eigenvalue weighted by Crippen LogP contribution is -2.31. The monoisotopic (exact) mass is 714 g/mol. The fourth-order valence-corrected chi connectivity index (χ4v) is 16.6. The van der Waals surface area contributed by atoms with Crippen LogP contribution in [-0.2, 0) is 23.6 Å². The summed E-state index contributed by atoms with van der Waals surface area (Å²) in [5, 5.41) is 12.0. The van der Waals surface area contributed by atoms with Gasteiger partial charge in [-0.05, 0) is 78.9 Å². The van der Waals surface area contributed by atoms with E-state index in [9.17, 15) is 0 Å². The van der Waals surface area contributed by atoms with E-state index in [0.717, 1.165) is 0 Å². The Bertz CT molecular complexity index is 2530. The van der Waals surface area contributed by atoms with E-state index in [2.05, 4.69) is 196 Å². The van der Waals surface area contributed by atoms with E-state index in [1.54, 1.807) is 0 Å². The number of rotatable bonds is 7. The second-order valence-corrected chi connectivity index (χ2v) is 21.5. The zero-order valence-electron chi connectivity index (χ0n) is 28.0. The molecule has 0 fully saturated rings. The molecule has 0 bridgehead atoms. The van der Waals surface area contributed by atoms with Gasteiger partial charge in [0.25, 0.3) is 0 Å². The second-order valence-electron chi connectivity index (χ2n) is 12.8. The van der Waals surface area contributed by atoms with Crippen LogP contribution in [0.1, 0.15) is 11.1 Å². The van der Waals surface area contributed by atoms with E-state index in [-0.39, 0.29) is 0 Å². The molecule has 0 nitrogen and oxygen atoms in total. The molecule has 0 aliphatic heterocycles. The van der Waals surface area contributed by atoms with Crippen LogP contribution < -0.4 is 31.8 Å². The molecule has 0 aliphatic carbocycles. The highest BCUT2D eigenvalue weighted by atomic mass is 32.4. The van der Waals surface area contributed by atoms with Gasteiger partial charge in [-0.15, -0.1) is 0 Å². The summed E-state index contributed by atoms with van der Waals surface area (Å²) in [5.74, 6) is 0. The quantitative estimate of drug-likeness (QED) is 0.151. The van der Waals surface area contributed by atoms with Crippen molar-refractivity contribution in [2.24, 2.45) is 0 Å². The predicted molar refractivity (Wildman–Crippen MR) is 229 cm³/mol. The average Bonchev–Trinajstić information content (AvgIpc) is 3.17. The van der Waals surface area contributed by atoms with Crippen LogP contribution in [0.4, 0.5) is 0 Å². The van der Waals surface area contributed by atoms with E-state index < -0.39 is 12.1 Å². The van der Waals surface area contributed by atoms with Crippen LogP contribution >= 0.6 is 12.1 Å². The van der Waals surface area contributed by atoms with Crippen LogP contribution in [0.15, 0.2) is 182 Å². The summed E-state index contributed by atoms with van der Waals surface area (Å²) in [7, 11) is 0. The van der Waals surface area contributed by atoms with Crippen molar-refractivity contribution < 1.29 is 0 Å². The Morgan fingerprint density at radius 1 is 0.320 bits per heavy atom. The summed E-state index contributed by atoms with van der Waals surface area (Å²) in [6.07, 6.45) is 0. The Morgan fingerprint density at radius 2 is 0.680 bits per heavy atom.